The van der Waals surface area contributed by atoms with Crippen LogP contribution in [0.1, 0.15) is 16.2 Å². The fourth-order valence-electron chi connectivity index (χ4n) is 2.43. The van der Waals surface area contributed by atoms with Crippen molar-refractivity contribution >= 4 is 23.1 Å². The van der Waals surface area contributed by atoms with Gasteiger partial charge in [-0.3, -0.25) is 19.7 Å². The number of imidazole rings is 1. The molecule has 0 radical (unpaired) electrons. The SMILES string of the molecule is Cn1ccnc1C(=O)c1ccc(NC(=O)COc2ccc([N+](=O)[O-])cc2)cc1. The van der Waals surface area contributed by atoms with Gasteiger partial charge in [-0.05, 0) is 36.4 Å². The lowest BCUT2D eigenvalue weighted by Gasteiger charge is -2.08. The molecule has 1 N–H and O–H groups in total. The predicted molar refractivity (Wildman–Crippen MR) is 100 cm³/mol. The molecule has 142 valence electrons. The van der Waals surface area contributed by atoms with Crippen molar-refractivity contribution in [2.24, 2.45) is 7.05 Å². The van der Waals surface area contributed by atoms with E-state index in [1.807, 2.05) is 0 Å². The number of nitrogens with one attached hydrogen (secondary N) is 1. The molecule has 0 aliphatic carbocycles. The highest BCUT2D eigenvalue weighted by atomic mass is 16.6. The maximum Gasteiger partial charge on any atom is 0.269 e. The third-order valence-corrected chi connectivity index (χ3v) is 3.87. The Kier molecular flexibility index (Phi) is 5.45. The quantitative estimate of drug-likeness (QED) is 0.382. The van der Waals surface area contributed by atoms with Gasteiger partial charge in [-0.25, -0.2) is 4.98 Å². The molecular weight excluding hydrogens is 364 g/mol. The van der Waals surface area contributed by atoms with Gasteiger partial charge in [0.1, 0.15) is 5.75 Å². The number of rotatable bonds is 7. The van der Waals surface area contributed by atoms with Crippen LogP contribution in [-0.2, 0) is 11.8 Å². The van der Waals surface area contributed by atoms with Gasteiger partial charge >= 0.3 is 0 Å². The molecule has 0 aliphatic heterocycles. The molecule has 0 spiro atoms. The molecule has 1 heterocycles. The first kappa shape index (κ1) is 18.8. The summed E-state index contributed by atoms with van der Waals surface area (Å²) in [6.45, 7) is -0.258. The summed E-state index contributed by atoms with van der Waals surface area (Å²) in [6, 6.07) is 11.9. The zero-order chi connectivity index (χ0) is 20.1. The number of nitro groups is 1. The Balaban J connectivity index is 1.55. The fraction of sp³-hybridized carbons (Fsp3) is 0.105. The summed E-state index contributed by atoms with van der Waals surface area (Å²) in [6.07, 6.45) is 3.24. The molecule has 9 nitrogen and oxygen atoms in total. The highest BCUT2D eigenvalue weighted by Gasteiger charge is 2.14. The van der Waals surface area contributed by atoms with E-state index in [0.717, 1.165) is 0 Å². The second-order valence-corrected chi connectivity index (χ2v) is 5.86. The van der Waals surface area contributed by atoms with Crippen LogP contribution >= 0.6 is 0 Å². The lowest BCUT2D eigenvalue weighted by molar-refractivity contribution is -0.384. The van der Waals surface area contributed by atoms with Crippen LogP contribution in [0.5, 0.6) is 5.75 Å². The first-order valence-electron chi connectivity index (χ1n) is 8.23. The van der Waals surface area contributed by atoms with E-state index >= 15 is 0 Å². The number of amides is 1. The zero-order valence-corrected chi connectivity index (χ0v) is 14.9. The molecule has 1 amide bonds. The Labute approximate surface area is 159 Å². The molecule has 0 aliphatic rings. The lowest BCUT2D eigenvalue weighted by atomic mass is 10.1. The number of hydrogen-bond acceptors (Lipinski definition) is 6. The first-order chi connectivity index (χ1) is 13.4. The van der Waals surface area contributed by atoms with Crippen molar-refractivity contribution in [1.29, 1.82) is 0 Å². The second-order valence-electron chi connectivity index (χ2n) is 5.86. The lowest BCUT2D eigenvalue weighted by Crippen LogP contribution is -2.20. The van der Waals surface area contributed by atoms with E-state index in [2.05, 4.69) is 10.3 Å². The molecule has 9 heteroatoms. The van der Waals surface area contributed by atoms with E-state index in [-0.39, 0.29) is 18.1 Å². The number of anilines is 1. The zero-order valence-electron chi connectivity index (χ0n) is 14.9. The van der Waals surface area contributed by atoms with Crippen LogP contribution in [0.25, 0.3) is 0 Å². The van der Waals surface area contributed by atoms with Crippen LogP contribution in [0.15, 0.2) is 60.9 Å². The molecule has 28 heavy (non-hydrogen) atoms. The number of hydrogen-bond donors (Lipinski definition) is 1. The van der Waals surface area contributed by atoms with Crippen LogP contribution in [0.4, 0.5) is 11.4 Å². The van der Waals surface area contributed by atoms with Crippen molar-refractivity contribution in [3.63, 3.8) is 0 Å². The van der Waals surface area contributed by atoms with E-state index in [1.165, 1.54) is 24.3 Å². The van der Waals surface area contributed by atoms with Crippen LogP contribution in [0.2, 0.25) is 0 Å². The number of ether oxygens (including phenoxy) is 1. The second kappa shape index (κ2) is 8.12. The van der Waals surface area contributed by atoms with Crippen molar-refractivity contribution in [3.8, 4) is 5.75 Å². The van der Waals surface area contributed by atoms with Crippen LogP contribution < -0.4 is 10.1 Å². The fourth-order valence-corrected chi connectivity index (χ4v) is 2.43. The van der Waals surface area contributed by atoms with Gasteiger partial charge in [-0.1, -0.05) is 0 Å². The van der Waals surface area contributed by atoms with E-state index < -0.39 is 10.8 Å². The molecule has 0 saturated heterocycles. The molecule has 0 atom stereocenters. The molecule has 2 aromatic carbocycles. The highest BCUT2D eigenvalue weighted by Crippen LogP contribution is 2.17. The summed E-state index contributed by atoms with van der Waals surface area (Å²) in [5, 5.41) is 13.3. The van der Waals surface area contributed by atoms with Crippen molar-refractivity contribution in [2.45, 2.75) is 0 Å². The normalized spacial score (nSPS) is 10.3. The number of non-ortho nitro benzene ring substituents is 1. The number of nitro benzene ring substituents is 1. The van der Waals surface area contributed by atoms with Gasteiger partial charge in [-0.2, -0.15) is 0 Å². The number of nitrogens with zero attached hydrogens (tertiary/aromatic N) is 3. The topological polar surface area (TPSA) is 116 Å². The van der Waals surface area contributed by atoms with Crippen molar-refractivity contribution in [2.75, 3.05) is 11.9 Å². The molecule has 1 aromatic heterocycles. The van der Waals surface area contributed by atoms with Gasteiger partial charge in [0.15, 0.2) is 12.4 Å². The highest BCUT2D eigenvalue weighted by molar-refractivity contribution is 6.07. The average Bonchev–Trinajstić information content (AvgIpc) is 3.12. The average molecular weight is 380 g/mol. The van der Waals surface area contributed by atoms with Gasteiger partial charge in [-0.15, -0.1) is 0 Å². The number of ketones is 1. The smallest absolute Gasteiger partial charge is 0.269 e. The number of aryl methyl sites for hydroxylation is 1. The summed E-state index contributed by atoms with van der Waals surface area (Å²) in [4.78, 5) is 38.5. The number of carbonyl (C=O) groups is 2. The summed E-state index contributed by atoms with van der Waals surface area (Å²) in [5.41, 5.74) is 0.903. The monoisotopic (exact) mass is 380 g/mol. The Hall–Kier alpha value is -4.01. The Morgan fingerprint density at radius 2 is 1.82 bits per heavy atom. The van der Waals surface area contributed by atoms with Gasteiger partial charge in [0, 0.05) is 42.8 Å². The maximum absolute atomic E-state index is 12.4. The molecular formula is C19H16N4O5. The van der Waals surface area contributed by atoms with Gasteiger partial charge in [0.2, 0.25) is 5.78 Å². The van der Waals surface area contributed by atoms with Crippen LogP contribution in [-0.4, -0.2) is 32.8 Å². The van der Waals surface area contributed by atoms with Crippen molar-refractivity contribution in [1.82, 2.24) is 9.55 Å². The predicted octanol–water partition coefficient (Wildman–Crippen LogP) is 2.58. The Morgan fingerprint density at radius 1 is 1.14 bits per heavy atom. The van der Waals surface area contributed by atoms with Gasteiger partial charge in [0.05, 0.1) is 4.92 Å². The van der Waals surface area contributed by atoms with Gasteiger partial charge < -0.3 is 14.6 Å². The molecule has 0 unspecified atom stereocenters. The third kappa shape index (κ3) is 4.39. The van der Waals surface area contributed by atoms with E-state index in [1.54, 1.807) is 48.3 Å². The Bertz CT molecular complexity index is 1010. The number of carbonyl (C=O) groups excluding carboxylic acids is 2. The van der Waals surface area contributed by atoms with E-state index in [4.69, 9.17) is 4.74 Å². The minimum Gasteiger partial charge on any atom is -0.484 e. The third-order valence-electron chi connectivity index (χ3n) is 3.87. The van der Waals surface area contributed by atoms with Gasteiger partial charge in [0.25, 0.3) is 11.6 Å². The van der Waals surface area contributed by atoms with Crippen LogP contribution in [0.3, 0.4) is 0 Å². The molecule has 0 fully saturated rings. The Morgan fingerprint density at radius 3 is 2.39 bits per heavy atom. The van der Waals surface area contributed by atoms with Crippen LogP contribution in [0, 0.1) is 10.1 Å². The van der Waals surface area contributed by atoms with E-state index in [0.29, 0.717) is 22.8 Å². The summed E-state index contributed by atoms with van der Waals surface area (Å²) in [5.74, 6) is 0.0541. The summed E-state index contributed by atoms with van der Waals surface area (Å²) < 4.78 is 6.93. The number of aromatic nitrogens is 2. The molecule has 3 aromatic rings. The van der Waals surface area contributed by atoms with Crippen molar-refractivity contribution < 1.29 is 19.2 Å². The largest absolute Gasteiger partial charge is 0.484 e. The first-order valence-corrected chi connectivity index (χ1v) is 8.23. The minimum absolute atomic E-state index is 0.0584. The summed E-state index contributed by atoms with van der Waals surface area (Å²) in [7, 11) is 1.74. The molecule has 3 rings (SSSR count). The van der Waals surface area contributed by atoms with Crippen molar-refractivity contribution in [3.05, 3.63) is 82.4 Å². The maximum atomic E-state index is 12.4. The molecule has 0 saturated carbocycles. The number of benzene rings is 2. The molecule has 0 bridgehead atoms. The standard InChI is InChI=1S/C19H16N4O5/c1-22-11-10-20-19(22)18(25)13-2-4-14(5-3-13)21-17(24)12-28-16-8-6-15(7-9-16)23(26)27/h2-11H,12H2,1H3,(H,21,24). The minimum atomic E-state index is -0.515. The summed E-state index contributed by atoms with van der Waals surface area (Å²) >= 11 is 0. The van der Waals surface area contributed by atoms with E-state index in [9.17, 15) is 19.7 Å².